The van der Waals surface area contributed by atoms with Crippen LogP contribution in [0.3, 0.4) is 0 Å². The lowest BCUT2D eigenvalue weighted by atomic mass is 10.2. The third-order valence-electron chi connectivity index (χ3n) is 3.18. The Bertz CT molecular complexity index is 720. The van der Waals surface area contributed by atoms with Crippen LogP contribution in [0.15, 0.2) is 46.1 Å². The number of rotatable bonds is 5. The van der Waals surface area contributed by atoms with Crippen molar-refractivity contribution < 1.29 is 4.42 Å². The van der Waals surface area contributed by atoms with Gasteiger partial charge in [0.15, 0.2) is 10.9 Å². The molecule has 21 heavy (non-hydrogen) atoms. The van der Waals surface area contributed by atoms with Crippen molar-refractivity contribution in [3.05, 3.63) is 48.2 Å². The van der Waals surface area contributed by atoms with Crippen LogP contribution >= 0.6 is 11.8 Å². The molecule has 108 valence electrons. The van der Waals surface area contributed by atoms with Crippen LogP contribution in [0.5, 0.6) is 0 Å². The predicted molar refractivity (Wildman–Crippen MR) is 81.9 cm³/mol. The van der Waals surface area contributed by atoms with Gasteiger partial charge in [0.2, 0.25) is 5.89 Å². The van der Waals surface area contributed by atoms with Crippen LogP contribution in [0.4, 0.5) is 0 Å². The van der Waals surface area contributed by atoms with Crippen molar-refractivity contribution in [3.63, 3.8) is 0 Å². The first kappa shape index (κ1) is 13.9. The lowest BCUT2D eigenvalue weighted by Crippen LogP contribution is -1.97. The number of hydrogen-bond donors (Lipinski definition) is 0. The first-order valence-electron chi connectivity index (χ1n) is 6.79. The molecule has 6 heteroatoms. The Morgan fingerprint density at radius 1 is 1.19 bits per heavy atom. The smallest absolute Gasteiger partial charge is 0.205 e. The first-order valence-corrected chi connectivity index (χ1v) is 7.77. The Balaban J connectivity index is 1.69. The molecule has 0 saturated heterocycles. The van der Waals surface area contributed by atoms with E-state index in [1.54, 1.807) is 18.0 Å². The standard InChI is InChI=1S/C15H16N4OS/c1-3-13-17-18-15(19(13)2)21-10-14-16-9-12(20-14)11-7-5-4-6-8-11/h4-9H,3,10H2,1-2H3. The molecule has 0 N–H and O–H groups in total. The number of nitrogens with zero attached hydrogens (tertiary/aromatic N) is 4. The second-order valence-electron chi connectivity index (χ2n) is 4.58. The van der Waals surface area contributed by atoms with Crippen molar-refractivity contribution in [1.29, 1.82) is 0 Å². The van der Waals surface area contributed by atoms with Crippen molar-refractivity contribution in [2.75, 3.05) is 0 Å². The van der Waals surface area contributed by atoms with E-state index in [1.165, 1.54) is 0 Å². The van der Waals surface area contributed by atoms with E-state index in [0.29, 0.717) is 11.6 Å². The maximum Gasteiger partial charge on any atom is 0.205 e. The average Bonchev–Trinajstić information content (AvgIpc) is 3.13. The molecule has 2 heterocycles. The van der Waals surface area contributed by atoms with Crippen LogP contribution in [0.2, 0.25) is 0 Å². The van der Waals surface area contributed by atoms with E-state index < -0.39 is 0 Å². The SMILES string of the molecule is CCc1nnc(SCc2ncc(-c3ccccc3)o2)n1C. The summed E-state index contributed by atoms with van der Waals surface area (Å²) in [5.41, 5.74) is 1.04. The van der Waals surface area contributed by atoms with Crippen LogP contribution in [-0.4, -0.2) is 19.7 Å². The summed E-state index contributed by atoms with van der Waals surface area (Å²) in [5.74, 6) is 3.11. The van der Waals surface area contributed by atoms with Gasteiger partial charge in [0.05, 0.1) is 11.9 Å². The second-order valence-corrected chi connectivity index (χ2v) is 5.53. The van der Waals surface area contributed by atoms with Crippen molar-refractivity contribution in [1.82, 2.24) is 19.7 Å². The fourth-order valence-corrected chi connectivity index (χ4v) is 2.80. The minimum atomic E-state index is 0.641. The van der Waals surface area contributed by atoms with Gasteiger partial charge in [-0.2, -0.15) is 0 Å². The van der Waals surface area contributed by atoms with Gasteiger partial charge in [-0.25, -0.2) is 4.98 Å². The van der Waals surface area contributed by atoms with Crippen LogP contribution in [0, 0.1) is 0 Å². The van der Waals surface area contributed by atoms with Gasteiger partial charge in [-0.15, -0.1) is 10.2 Å². The highest BCUT2D eigenvalue weighted by molar-refractivity contribution is 7.98. The molecule has 5 nitrogen and oxygen atoms in total. The number of aryl methyl sites for hydroxylation is 1. The molecule has 0 saturated carbocycles. The third-order valence-corrected chi connectivity index (χ3v) is 4.18. The summed E-state index contributed by atoms with van der Waals surface area (Å²) in [4.78, 5) is 4.32. The van der Waals surface area contributed by atoms with Crippen LogP contribution in [-0.2, 0) is 19.2 Å². The molecule has 0 aliphatic carbocycles. The van der Waals surface area contributed by atoms with E-state index in [2.05, 4.69) is 22.1 Å². The molecule has 1 aromatic carbocycles. The van der Waals surface area contributed by atoms with Crippen molar-refractivity contribution in [2.24, 2.45) is 7.05 Å². The number of oxazole rings is 1. The van der Waals surface area contributed by atoms with Gasteiger partial charge in [0.25, 0.3) is 0 Å². The van der Waals surface area contributed by atoms with Gasteiger partial charge >= 0.3 is 0 Å². The molecule has 0 fully saturated rings. The molecule has 0 aliphatic heterocycles. The minimum Gasteiger partial charge on any atom is -0.440 e. The molecule has 0 aliphatic rings. The van der Waals surface area contributed by atoms with E-state index in [-0.39, 0.29) is 0 Å². The summed E-state index contributed by atoms with van der Waals surface area (Å²) >= 11 is 1.58. The molecule has 0 atom stereocenters. The van der Waals surface area contributed by atoms with Crippen LogP contribution in [0.1, 0.15) is 18.6 Å². The predicted octanol–water partition coefficient (Wildman–Crippen LogP) is 3.32. The van der Waals surface area contributed by atoms with Gasteiger partial charge in [-0.05, 0) is 0 Å². The van der Waals surface area contributed by atoms with Crippen molar-refractivity contribution >= 4 is 11.8 Å². The van der Waals surface area contributed by atoms with Crippen molar-refractivity contribution in [3.8, 4) is 11.3 Å². The van der Waals surface area contributed by atoms with Gasteiger partial charge in [-0.3, -0.25) is 0 Å². The minimum absolute atomic E-state index is 0.641. The Morgan fingerprint density at radius 3 is 2.71 bits per heavy atom. The molecule has 2 aromatic heterocycles. The summed E-state index contributed by atoms with van der Waals surface area (Å²) in [6.45, 7) is 2.07. The van der Waals surface area contributed by atoms with Gasteiger partial charge in [0, 0.05) is 19.0 Å². The monoisotopic (exact) mass is 300 g/mol. The molecular weight excluding hydrogens is 284 g/mol. The highest BCUT2D eigenvalue weighted by atomic mass is 32.2. The maximum absolute atomic E-state index is 5.78. The molecule has 0 radical (unpaired) electrons. The van der Waals surface area contributed by atoms with E-state index in [1.807, 2.05) is 41.9 Å². The second kappa shape index (κ2) is 6.13. The maximum atomic E-state index is 5.78. The van der Waals surface area contributed by atoms with E-state index >= 15 is 0 Å². The van der Waals surface area contributed by atoms with Gasteiger partial charge in [-0.1, -0.05) is 49.0 Å². The third kappa shape index (κ3) is 3.00. The van der Waals surface area contributed by atoms with Gasteiger partial charge < -0.3 is 8.98 Å². The summed E-state index contributed by atoms with van der Waals surface area (Å²) in [6, 6.07) is 9.97. The molecule has 0 unspecified atom stereocenters. The van der Waals surface area contributed by atoms with Crippen LogP contribution in [0.25, 0.3) is 11.3 Å². The zero-order chi connectivity index (χ0) is 14.7. The topological polar surface area (TPSA) is 56.7 Å². The highest BCUT2D eigenvalue weighted by Crippen LogP contribution is 2.24. The number of aromatic nitrogens is 4. The molecule has 3 rings (SSSR count). The quantitative estimate of drug-likeness (QED) is 0.676. The molecule has 0 bridgehead atoms. The number of thioether (sulfide) groups is 1. The van der Waals surface area contributed by atoms with Crippen molar-refractivity contribution in [2.45, 2.75) is 24.3 Å². The van der Waals surface area contributed by atoms with Crippen LogP contribution < -0.4 is 0 Å². The summed E-state index contributed by atoms with van der Waals surface area (Å²) in [5, 5.41) is 9.19. The first-order chi connectivity index (χ1) is 10.3. The zero-order valence-electron chi connectivity index (χ0n) is 12.0. The fraction of sp³-hybridized carbons (Fsp3) is 0.267. The largest absolute Gasteiger partial charge is 0.440 e. The number of benzene rings is 1. The number of hydrogen-bond acceptors (Lipinski definition) is 5. The Hall–Kier alpha value is -2.08. The summed E-state index contributed by atoms with van der Waals surface area (Å²) in [6.07, 6.45) is 2.64. The van der Waals surface area contributed by atoms with E-state index in [0.717, 1.165) is 28.7 Å². The molecular formula is C15H16N4OS. The van der Waals surface area contributed by atoms with E-state index in [9.17, 15) is 0 Å². The lowest BCUT2D eigenvalue weighted by molar-refractivity contribution is 0.529. The molecule has 0 spiro atoms. The highest BCUT2D eigenvalue weighted by Gasteiger charge is 2.11. The Kier molecular flexibility index (Phi) is 4.06. The Labute approximate surface area is 127 Å². The molecule has 3 aromatic rings. The Morgan fingerprint density at radius 2 is 2.00 bits per heavy atom. The summed E-state index contributed by atoms with van der Waals surface area (Å²) in [7, 11) is 1.98. The van der Waals surface area contributed by atoms with Gasteiger partial charge in [0.1, 0.15) is 5.82 Å². The molecule has 0 amide bonds. The average molecular weight is 300 g/mol. The zero-order valence-corrected chi connectivity index (χ0v) is 12.8. The lowest BCUT2D eigenvalue weighted by Gasteiger charge is -2.00. The normalized spacial score (nSPS) is 11.0. The summed E-state index contributed by atoms with van der Waals surface area (Å²) < 4.78 is 7.78. The van der Waals surface area contributed by atoms with E-state index in [4.69, 9.17) is 4.42 Å². The fourth-order valence-electron chi connectivity index (χ4n) is 2.02.